The summed E-state index contributed by atoms with van der Waals surface area (Å²) in [6, 6.07) is 11.0. The summed E-state index contributed by atoms with van der Waals surface area (Å²) in [6.45, 7) is 0.533. The lowest BCUT2D eigenvalue weighted by Gasteiger charge is -2.12. The van der Waals surface area contributed by atoms with Crippen molar-refractivity contribution in [2.24, 2.45) is 0 Å². The molecule has 1 fully saturated rings. The highest BCUT2D eigenvalue weighted by molar-refractivity contribution is 7.09. The molecule has 34 heavy (non-hydrogen) atoms. The van der Waals surface area contributed by atoms with E-state index in [-0.39, 0.29) is 11.8 Å². The molecular weight excluding hydrogens is 448 g/mol. The van der Waals surface area contributed by atoms with Gasteiger partial charge in [-0.15, -0.1) is 11.3 Å². The third-order valence-corrected chi connectivity index (χ3v) is 7.16. The first-order chi connectivity index (χ1) is 16.6. The largest absolute Gasteiger partial charge is 0.383 e. The average Bonchev–Trinajstić information content (AvgIpc) is 3.60. The second-order valence-electron chi connectivity index (χ2n) is 8.47. The van der Waals surface area contributed by atoms with Gasteiger partial charge in [0.25, 0.3) is 0 Å². The monoisotopic (exact) mass is 474 g/mol. The molecule has 4 N–H and O–H groups in total. The van der Waals surface area contributed by atoms with Gasteiger partial charge in [-0.25, -0.2) is 14.8 Å². The molecule has 4 aromatic rings. The van der Waals surface area contributed by atoms with E-state index < -0.39 is 0 Å². The van der Waals surface area contributed by atoms with Gasteiger partial charge in [0.2, 0.25) is 0 Å². The van der Waals surface area contributed by atoms with E-state index in [1.165, 1.54) is 11.2 Å². The summed E-state index contributed by atoms with van der Waals surface area (Å²) in [7, 11) is 0. The highest BCUT2D eigenvalue weighted by Gasteiger charge is 2.25. The Morgan fingerprint density at radius 3 is 2.79 bits per heavy atom. The van der Waals surface area contributed by atoms with Gasteiger partial charge in [0.05, 0.1) is 10.9 Å². The molecule has 0 radical (unpaired) electrons. The molecular formula is C25H26N6O2S. The predicted octanol–water partition coefficient (Wildman–Crippen LogP) is 4.79. The number of urea groups is 1. The number of hydrogen-bond acceptors (Lipinski definition) is 6. The summed E-state index contributed by atoms with van der Waals surface area (Å²) in [5.41, 5.74) is 8.37. The number of rotatable bonds is 7. The van der Waals surface area contributed by atoms with E-state index in [0.717, 1.165) is 32.1 Å². The van der Waals surface area contributed by atoms with Crippen molar-refractivity contribution in [2.45, 2.75) is 38.1 Å². The van der Waals surface area contributed by atoms with Crippen LogP contribution in [0.1, 0.15) is 52.5 Å². The molecule has 0 saturated heterocycles. The fourth-order valence-electron chi connectivity index (χ4n) is 4.56. The van der Waals surface area contributed by atoms with Gasteiger partial charge in [0.15, 0.2) is 5.78 Å². The number of amides is 2. The molecule has 0 spiro atoms. The summed E-state index contributed by atoms with van der Waals surface area (Å²) in [4.78, 5) is 35.6. The van der Waals surface area contributed by atoms with E-state index in [2.05, 4.69) is 25.2 Å². The third kappa shape index (κ3) is 4.51. The van der Waals surface area contributed by atoms with Crippen LogP contribution in [0.15, 0.2) is 54.3 Å². The molecule has 3 heterocycles. The number of ketones is 1. The smallest absolute Gasteiger partial charge is 0.319 e. The maximum absolute atomic E-state index is 13.5. The quantitative estimate of drug-likeness (QED) is 0.333. The third-order valence-electron chi connectivity index (χ3n) is 6.22. The van der Waals surface area contributed by atoms with Crippen molar-refractivity contribution in [2.75, 3.05) is 17.6 Å². The van der Waals surface area contributed by atoms with Crippen molar-refractivity contribution in [3.63, 3.8) is 0 Å². The molecule has 1 saturated carbocycles. The van der Waals surface area contributed by atoms with Crippen molar-refractivity contribution in [1.82, 2.24) is 19.9 Å². The van der Waals surface area contributed by atoms with Crippen LogP contribution in [0.4, 0.5) is 16.3 Å². The molecule has 3 aromatic heterocycles. The molecule has 1 aliphatic rings. The standard InChI is InChI=1S/C25H26N6O2S/c26-23-21-20(14-31(18-7-1-2-8-18)24(21)29-15-28-23)22(32)16-5-3-6-17(13-16)30-25(33)27-11-10-19-9-4-12-34-19/h3-6,9,12-15,18H,1-2,7-8,10-11H2,(H2,26,28,29)(H2,27,30,33). The van der Waals surface area contributed by atoms with E-state index in [4.69, 9.17) is 5.73 Å². The molecule has 0 aliphatic heterocycles. The predicted molar refractivity (Wildman–Crippen MR) is 134 cm³/mol. The second-order valence-corrected chi connectivity index (χ2v) is 9.50. The number of hydrogen-bond donors (Lipinski definition) is 3. The van der Waals surface area contributed by atoms with E-state index >= 15 is 0 Å². The van der Waals surface area contributed by atoms with Crippen LogP contribution < -0.4 is 16.4 Å². The minimum absolute atomic E-state index is 0.176. The fourth-order valence-corrected chi connectivity index (χ4v) is 5.27. The van der Waals surface area contributed by atoms with Crippen LogP contribution in [0.25, 0.3) is 11.0 Å². The summed E-state index contributed by atoms with van der Waals surface area (Å²) >= 11 is 1.66. The highest BCUT2D eigenvalue weighted by atomic mass is 32.1. The van der Waals surface area contributed by atoms with E-state index in [1.807, 2.05) is 23.7 Å². The van der Waals surface area contributed by atoms with E-state index in [9.17, 15) is 9.59 Å². The Hall–Kier alpha value is -3.72. The fraction of sp³-hybridized carbons (Fsp3) is 0.280. The summed E-state index contributed by atoms with van der Waals surface area (Å²) in [5.74, 6) is 0.120. The van der Waals surface area contributed by atoms with Crippen molar-refractivity contribution in [3.05, 3.63) is 70.3 Å². The van der Waals surface area contributed by atoms with Crippen LogP contribution in [-0.4, -0.2) is 32.9 Å². The lowest BCUT2D eigenvalue weighted by Crippen LogP contribution is -2.30. The van der Waals surface area contributed by atoms with Crippen LogP contribution in [0, 0.1) is 0 Å². The van der Waals surface area contributed by atoms with Gasteiger partial charge in [0.1, 0.15) is 17.8 Å². The van der Waals surface area contributed by atoms with Crippen LogP contribution in [0.2, 0.25) is 0 Å². The number of nitrogens with zero attached hydrogens (tertiary/aromatic N) is 3. The number of carbonyl (C=O) groups is 2. The average molecular weight is 475 g/mol. The van der Waals surface area contributed by atoms with Crippen LogP contribution in [-0.2, 0) is 6.42 Å². The zero-order valence-corrected chi connectivity index (χ0v) is 19.5. The van der Waals surface area contributed by atoms with Gasteiger partial charge >= 0.3 is 6.03 Å². The Balaban J connectivity index is 1.35. The number of aromatic nitrogens is 3. The molecule has 1 aliphatic carbocycles. The lowest BCUT2D eigenvalue weighted by molar-refractivity contribution is 0.104. The zero-order chi connectivity index (χ0) is 23.5. The number of anilines is 2. The highest BCUT2D eigenvalue weighted by Crippen LogP contribution is 2.35. The number of benzene rings is 1. The number of nitrogens with one attached hydrogen (secondary N) is 2. The second kappa shape index (κ2) is 9.64. The first-order valence-electron chi connectivity index (χ1n) is 11.4. The maximum atomic E-state index is 13.5. The molecule has 8 nitrogen and oxygen atoms in total. The van der Waals surface area contributed by atoms with Crippen LogP contribution in [0.3, 0.4) is 0 Å². The molecule has 0 atom stereocenters. The Bertz CT molecular complexity index is 1320. The Labute approximate surface area is 201 Å². The SMILES string of the molecule is Nc1ncnc2c1c(C(=O)c1cccc(NC(=O)NCCc3cccs3)c1)cn2C1CCCC1. The number of fused-ring (bicyclic) bond motifs is 1. The molecule has 9 heteroatoms. The number of thiophene rings is 1. The van der Waals surface area contributed by atoms with Crippen LogP contribution >= 0.6 is 11.3 Å². The topological polar surface area (TPSA) is 115 Å². The van der Waals surface area contributed by atoms with Gasteiger partial charge in [-0.1, -0.05) is 31.0 Å². The molecule has 1 aromatic carbocycles. The Kier molecular flexibility index (Phi) is 6.27. The van der Waals surface area contributed by atoms with Gasteiger partial charge < -0.3 is 20.9 Å². The Morgan fingerprint density at radius 2 is 2.00 bits per heavy atom. The van der Waals surface area contributed by atoms with E-state index in [1.54, 1.807) is 35.6 Å². The molecule has 0 bridgehead atoms. The first-order valence-corrected chi connectivity index (χ1v) is 12.3. The van der Waals surface area contributed by atoms with E-state index in [0.29, 0.717) is 46.3 Å². The Morgan fingerprint density at radius 1 is 1.15 bits per heavy atom. The number of nitrogens with two attached hydrogens (primary N) is 1. The normalized spacial score (nSPS) is 13.9. The van der Waals surface area contributed by atoms with Gasteiger partial charge in [-0.2, -0.15) is 0 Å². The molecule has 0 unspecified atom stereocenters. The summed E-state index contributed by atoms with van der Waals surface area (Å²) in [6.07, 6.45) is 8.53. The summed E-state index contributed by atoms with van der Waals surface area (Å²) in [5, 5.41) is 8.27. The van der Waals surface area contributed by atoms with Gasteiger partial charge in [-0.05, 0) is 42.8 Å². The molecule has 174 valence electrons. The summed E-state index contributed by atoms with van der Waals surface area (Å²) < 4.78 is 2.08. The van der Waals surface area contributed by atoms with Crippen molar-refractivity contribution in [1.29, 1.82) is 0 Å². The van der Waals surface area contributed by atoms with Crippen molar-refractivity contribution >= 4 is 45.7 Å². The lowest BCUT2D eigenvalue weighted by atomic mass is 10.0. The first kappa shape index (κ1) is 22.1. The van der Waals surface area contributed by atoms with Gasteiger partial charge in [0, 0.05) is 34.9 Å². The van der Waals surface area contributed by atoms with Gasteiger partial charge in [-0.3, -0.25) is 4.79 Å². The van der Waals surface area contributed by atoms with Crippen LogP contribution in [0.5, 0.6) is 0 Å². The number of nitrogen functional groups attached to an aromatic ring is 1. The van der Waals surface area contributed by atoms with Crippen molar-refractivity contribution in [3.8, 4) is 0 Å². The maximum Gasteiger partial charge on any atom is 0.319 e. The molecule has 2 amide bonds. The minimum Gasteiger partial charge on any atom is -0.383 e. The molecule has 5 rings (SSSR count). The van der Waals surface area contributed by atoms with Crippen molar-refractivity contribution < 1.29 is 9.59 Å². The minimum atomic E-state index is -0.309. The zero-order valence-electron chi connectivity index (χ0n) is 18.7. The number of carbonyl (C=O) groups excluding carboxylic acids is 2.